The van der Waals surface area contributed by atoms with Gasteiger partial charge in [0.05, 0.1) is 12.7 Å². The van der Waals surface area contributed by atoms with Crippen LogP contribution in [0.25, 0.3) is 0 Å². The van der Waals surface area contributed by atoms with E-state index in [2.05, 4.69) is 29.2 Å². The SMILES string of the molecule is CN(CCNC1CC1)CC1CN(C)CCO1. The van der Waals surface area contributed by atoms with Crippen LogP contribution in [0.5, 0.6) is 0 Å². The van der Waals surface area contributed by atoms with E-state index in [9.17, 15) is 0 Å². The van der Waals surface area contributed by atoms with Gasteiger partial charge in [-0.25, -0.2) is 0 Å². The molecule has 0 aromatic rings. The molecule has 0 spiro atoms. The minimum absolute atomic E-state index is 0.393. The van der Waals surface area contributed by atoms with Crippen molar-refractivity contribution in [2.75, 3.05) is 53.4 Å². The molecule has 1 saturated carbocycles. The number of likely N-dealkylation sites (N-methyl/N-ethyl adjacent to an activating group) is 2. The van der Waals surface area contributed by atoms with Gasteiger partial charge in [-0.1, -0.05) is 0 Å². The van der Waals surface area contributed by atoms with Gasteiger partial charge in [0.15, 0.2) is 0 Å². The van der Waals surface area contributed by atoms with Crippen LogP contribution in [-0.4, -0.2) is 75.4 Å². The van der Waals surface area contributed by atoms with Crippen molar-refractivity contribution < 1.29 is 4.74 Å². The van der Waals surface area contributed by atoms with Gasteiger partial charge in [0, 0.05) is 38.8 Å². The monoisotopic (exact) mass is 227 g/mol. The fourth-order valence-corrected chi connectivity index (χ4v) is 2.16. The first-order valence-corrected chi connectivity index (χ1v) is 6.46. The van der Waals surface area contributed by atoms with Gasteiger partial charge in [-0.3, -0.25) is 0 Å². The maximum atomic E-state index is 5.76. The highest BCUT2D eigenvalue weighted by Gasteiger charge is 2.21. The first-order valence-electron chi connectivity index (χ1n) is 6.46. The summed E-state index contributed by atoms with van der Waals surface area (Å²) in [6, 6.07) is 0.825. The zero-order valence-electron chi connectivity index (χ0n) is 10.6. The molecule has 1 heterocycles. The van der Waals surface area contributed by atoms with Crippen LogP contribution in [-0.2, 0) is 4.74 Å². The largest absolute Gasteiger partial charge is 0.374 e. The van der Waals surface area contributed by atoms with Crippen LogP contribution in [0.4, 0.5) is 0 Å². The third-order valence-corrected chi connectivity index (χ3v) is 3.36. The van der Waals surface area contributed by atoms with E-state index in [0.29, 0.717) is 6.10 Å². The lowest BCUT2D eigenvalue weighted by Crippen LogP contribution is -2.46. The van der Waals surface area contributed by atoms with E-state index in [1.165, 1.54) is 12.8 Å². The van der Waals surface area contributed by atoms with Gasteiger partial charge in [-0.15, -0.1) is 0 Å². The predicted molar refractivity (Wildman–Crippen MR) is 65.8 cm³/mol. The Bertz CT molecular complexity index is 208. The van der Waals surface area contributed by atoms with Gasteiger partial charge in [0.25, 0.3) is 0 Å². The molecule has 1 saturated heterocycles. The number of rotatable bonds is 6. The Morgan fingerprint density at radius 1 is 1.44 bits per heavy atom. The molecule has 94 valence electrons. The molecule has 4 heteroatoms. The Morgan fingerprint density at radius 2 is 2.25 bits per heavy atom. The minimum Gasteiger partial charge on any atom is -0.374 e. The molecule has 2 aliphatic rings. The Kier molecular flexibility index (Phi) is 4.58. The molecular weight excluding hydrogens is 202 g/mol. The van der Waals surface area contributed by atoms with Crippen molar-refractivity contribution in [2.45, 2.75) is 25.0 Å². The lowest BCUT2D eigenvalue weighted by atomic mass is 10.2. The summed E-state index contributed by atoms with van der Waals surface area (Å²) >= 11 is 0. The van der Waals surface area contributed by atoms with Gasteiger partial charge in [0.2, 0.25) is 0 Å². The summed E-state index contributed by atoms with van der Waals surface area (Å²) in [7, 11) is 4.36. The number of hydrogen-bond donors (Lipinski definition) is 1. The van der Waals surface area contributed by atoms with Crippen LogP contribution in [0.3, 0.4) is 0 Å². The number of hydrogen-bond acceptors (Lipinski definition) is 4. The molecule has 1 atom stereocenters. The summed E-state index contributed by atoms with van der Waals surface area (Å²) in [5.41, 5.74) is 0. The summed E-state index contributed by atoms with van der Waals surface area (Å²) < 4.78 is 5.76. The van der Waals surface area contributed by atoms with Crippen LogP contribution >= 0.6 is 0 Å². The van der Waals surface area contributed by atoms with Crippen molar-refractivity contribution in [3.8, 4) is 0 Å². The third-order valence-electron chi connectivity index (χ3n) is 3.36. The molecule has 4 nitrogen and oxygen atoms in total. The Morgan fingerprint density at radius 3 is 2.94 bits per heavy atom. The second kappa shape index (κ2) is 5.96. The van der Waals surface area contributed by atoms with E-state index in [0.717, 1.165) is 45.4 Å². The molecule has 0 aromatic carbocycles. The van der Waals surface area contributed by atoms with E-state index < -0.39 is 0 Å². The normalized spacial score (nSPS) is 27.6. The van der Waals surface area contributed by atoms with Gasteiger partial charge >= 0.3 is 0 Å². The van der Waals surface area contributed by atoms with Crippen LogP contribution in [0, 0.1) is 0 Å². The van der Waals surface area contributed by atoms with Crippen molar-refractivity contribution in [2.24, 2.45) is 0 Å². The molecule has 2 rings (SSSR count). The Labute approximate surface area is 98.9 Å². The Hall–Kier alpha value is -0.160. The van der Waals surface area contributed by atoms with Crippen LogP contribution < -0.4 is 5.32 Å². The standard InChI is InChI=1S/C12H25N3O/c1-14(6-5-13-11-3-4-11)9-12-10-15(2)7-8-16-12/h11-13H,3-10H2,1-2H3. The van der Waals surface area contributed by atoms with E-state index in [1.54, 1.807) is 0 Å². The number of nitrogens with one attached hydrogen (secondary N) is 1. The van der Waals surface area contributed by atoms with Crippen LogP contribution in [0.2, 0.25) is 0 Å². The number of morpholine rings is 1. The first kappa shape index (κ1) is 12.3. The van der Waals surface area contributed by atoms with Crippen molar-refractivity contribution in [1.29, 1.82) is 0 Å². The van der Waals surface area contributed by atoms with Crippen molar-refractivity contribution in [1.82, 2.24) is 15.1 Å². The molecule has 1 aliphatic carbocycles. The van der Waals surface area contributed by atoms with Gasteiger partial charge in [-0.05, 0) is 26.9 Å². The predicted octanol–water partition coefficient (Wildman–Crippen LogP) is 0.000800. The van der Waals surface area contributed by atoms with Crippen LogP contribution in [0.1, 0.15) is 12.8 Å². The molecule has 1 aliphatic heterocycles. The van der Waals surface area contributed by atoms with Gasteiger partial charge < -0.3 is 19.9 Å². The van der Waals surface area contributed by atoms with Crippen molar-refractivity contribution in [3.05, 3.63) is 0 Å². The topological polar surface area (TPSA) is 27.7 Å². The molecule has 2 fully saturated rings. The fourth-order valence-electron chi connectivity index (χ4n) is 2.16. The summed E-state index contributed by atoms with van der Waals surface area (Å²) in [6.45, 7) is 6.32. The van der Waals surface area contributed by atoms with E-state index in [-0.39, 0.29) is 0 Å². The van der Waals surface area contributed by atoms with Crippen molar-refractivity contribution >= 4 is 0 Å². The van der Waals surface area contributed by atoms with Crippen LogP contribution in [0.15, 0.2) is 0 Å². The van der Waals surface area contributed by atoms with E-state index >= 15 is 0 Å². The molecule has 0 aromatic heterocycles. The highest BCUT2D eigenvalue weighted by molar-refractivity contribution is 4.81. The quantitative estimate of drug-likeness (QED) is 0.691. The maximum absolute atomic E-state index is 5.76. The summed E-state index contributed by atoms with van der Waals surface area (Å²) in [4.78, 5) is 4.73. The zero-order valence-corrected chi connectivity index (χ0v) is 10.6. The average Bonchev–Trinajstić information content (AvgIpc) is 3.01. The molecule has 1 unspecified atom stereocenters. The summed E-state index contributed by atoms with van der Waals surface area (Å²) in [6.07, 6.45) is 3.14. The molecule has 0 radical (unpaired) electrons. The third kappa shape index (κ3) is 4.37. The second-order valence-corrected chi connectivity index (χ2v) is 5.25. The molecular formula is C12H25N3O. The van der Waals surface area contributed by atoms with E-state index in [4.69, 9.17) is 4.74 Å². The van der Waals surface area contributed by atoms with Gasteiger partial charge in [-0.2, -0.15) is 0 Å². The molecule has 0 amide bonds. The minimum atomic E-state index is 0.393. The maximum Gasteiger partial charge on any atom is 0.0829 e. The smallest absolute Gasteiger partial charge is 0.0829 e. The number of nitrogens with zero attached hydrogens (tertiary/aromatic N) is 2. The van der Waals surface area contributed by atoms with E-state index in [1.807, 2.05) is 0 Å². The summed E-state index contributed by atoms with van der Waals surface area (Å²) in [5.74, 6) is 0. The van der Waals surface area contributed by atoms with Gasteiger partial charge in [0.1, 0.15) is 0 Å². The highest BCUT2D eigenvalue weighted by atomic mass is 16.5. The first-order chi connectivity index (χ1) is 7.74. The lowest BCUT2D eigenvalue weighted by molar-refractivity contribution is -0.0323. The molecule has 16 heavy (non-hydrogen) atoms. The van der Waals surface area contributed by atoms with Crippen molar-refractivity contribution in [3.63, 3.8) is 0 Å². The summed E-state index contributed by atoms with van der Waals surface area (Å²) in [5, 5.41) is 3.54. The zero-order chi connectivity index (χ0) is 11.4. The second-order valence-electron chi connectivity index (χ2n) is 5.25. The lowest BCUT2D eigenvalue weighted by Gasteiger charge is -2.32. The molecule has 0 bridgehead atoms. The average molecular weight is 227 g/mol. The fraction of sp³-hybridized carbons (Fsp3) is 1.00. The number of ether oxygens (including phenoxy) is 1. The Balaban J connectivity index is 1.55. The highest BCUT2D eigenvalue weighted by Crippen LogP contribution is 2.17. The molecule has 1 N–H and O–H groups in total.